The van der Waals surface area contributed by atoms with E-state index in [1.54, 1.807) is 39.0 Å². The second kappa shape index (κ2) is 14.0. The van der Waals surface area contributed by atoms with Crippen LogP contribution >= 0.6 is 22.9 Å². The molecule has 2 aromatic carbocycles. The summed E-state index contributed by atoms with van der Waals surface area (Å²) in [6, 6.07) is 6.72. The van der Waals surface area contributed by atoms with E-state index in [1.807, 2.05) is 25.7 Å². The van der Waals surface area contributed by atoms with Gasteiger partial charge in [-0.2, -0.15) is 15.2 Å². The number of piperazine rings is 1. The van der Waals surface area contributed by atoms with Crippen molar-refractivity contribution in [2.45, 2.75) is 115 Å². The highest BCUT2D eigenvalue weighted by Crippen LogP contribution is 2.52. The van der Waals surface area contributed by atoms with E-state index in [1.165, 1.54) is 11.3 Å². The van der Waals surface area contributed by atoms with Gasteiger partial charge in [0.05, 0.1) is 39.6 Å². The summed E-state index contributed by atoms with van der Waals surface area (Å²) in [6.07, 6.45) is 4.60. The molecule has 0 aliphatic carbocycles. The summed E-state index contributed by atoms with van der Waals surface area (Å²) in [5, 5.41) is 14.2. The Balaban J connectivity index is 1.19. The van der Waals surface area contributed by atoms with E-state index >= 15 is 4.39 Å². The van der Waals surface area contributed by atoms with Gasteiger partial charge in [0.1, 0.15) is 46.8 Å². The summed E-state index contributed by atoms with van der Waals surface area (Å²) < 4.78 is 42.9. The number of carbonyl (C=O) groups excluding carboxylic acids is 2. The fraction of sp³-hybridized carbons (Fsp3) is 0.548. The molecule has 16 heteroatoms. The molecule has 0 unspecified atom stereocenters. The lowest BCUT2D eigenvalue weighted by molar-refractivity contribution is 0.00543. The molecular weight excluding hydrogens is 785 g/mol. The van der Waals surface area contributed by atoms with Crippen molar-refractivity contribution in [1.82, 2.24) is 19.8 Å². The van der Waals surface area contributed by atoms with E-state index in [4.69, 9.17) is 40.5 Å². The number of carbonyl (C=O) groups is 2. The van der Waals surface area contributed by atoms with Gasteiger partial charge in [0.2, 0.25) is 0 Å². The average molecular weight is 832 g/mol. The molecule has 13 nitrogen and oxygen atoms in total. The molecule has 7 heterocycles. The van der Waals surface area contributed by atoms with E-state index in [-0.39, 0.29) is 74.8 Å². The second-order valence-corrected chi connectivity index (χ2v) is 19.5. The second-order valence-electron chi connectivity index (χ2n) is 18.0. The first-order chi connectivity index (χ1) is 27.6. The van der Waals surface area contributed by atoms with Gasteiger partial charge in [0.15, 0.2) is 11.6 Å². The third-order valence-electron chi connectivity index (χ3n) is 12.0. The number of amides is 2. The fourth-order valence-electron chi connectivity index (χ4n) is 9.74. The van der Waals surface area contributed by atoms with Crippen molar-refractivity contribution >= 4 is 66.9 Å². The number of hydrogen-bond donors (Lipinski definition) is 1. The van der Waals surface area contributed by atoms with Gasteiger partial charge in [-0.15, -0.1) is 11.3 Å². The number of ether oxygens (including phenoxy) is 4. The Kier molecular flexibility index (Phi) is 9.37. The number of benzene rings is 2. The molecule has 306 valence electrons. The van der Waals surface area contributed by atoms with Crippen molar-refractivity contribution in [3.8, 4) is 29.0 Å². The first-order valence-corrected chi connectivity index (χ1v) is 21.2. The molecule has 1 N–H and O–H groups in total. The Bertz CT molecular complexity index is 2400. The average Bonchev–Trinajstić information content (AvgIpc) is 3.88. The van der Waals surface area contributed by atoms with Crippen LogP contribution in [0.3, 0.4) is 0 Å². The Morgan fingerprint density at radius 3 is 2.52 bits per heavy atom. The quantitative estimate of drug-likeness (QED) is 0.206. The third-order valence-corrected chi connectivity index (χ3v) is 13.4. The number of hydrogen-bond acceptors (Lipinski definition) is 12. The van der Waals surface area contributed by atoms with Crippen molar-refractivity contribution in [3.63, 3.8) is 0 Å². The molecule has 0 spiro atoms. The molecule has 2 bridgehead atoms. The van der Waals surface area contributed by atoms with Crippen molar-refractivity contribution in [2.75, 3.05) is 43.1 Å². The summed E-state index contributed by atoms with van der Waals surface area (Å²) in [4.78, 5) is 42.8. The lowest BCUT2D eigenvalue weighted by atomic mass is 9.95. The van der Waals surface area contributed by atoms with Crippen LogP contribution in [0.15, 0.2) is 18.2 Å². The number of thiophene rings is 1. The SMILES string of the molecule is CC(C)(C)OC(=O)Nc1sc2cccc(-c3c(Cl)c4c5c(nc(OCC67CCCN6CCC7)nc5c3F)N3C[C@H]5CC[C@@H]([C@H]3CO4)N5C(=O)OC(C)(C)C)c2c1C#N. The zero-order valence-corrected chi connectivity index (χ0v) is 35.1. The van der Waals surface area contributed by atoms with Crippen LogP contribution in [-0.4, -0.2) is 99.7 Å². The molecule has 2 amide bonds. The van der Waals surface area contributed by atoms with Crippen LogP contribution < -0.4 is 19.7 Å². The Morgan fingerprint density at radius 1 is 1.07 bits per heavy atom. The van der Waals surface area contributed by atoms with Gasteiger partial charge in [-0.3, -0.25) is 15.1 Å². The summed E-state index contributed by atoms with van der Waals surface area (Å²) in [5.41, 5.74) is -1.11. The largest absolute Gasteiger partial charge is 0.489 e. The number of fused-ring (bicyclic) bond motifs is 7. The molecule has 0 saturated carbocycles. The number of aromatic nitrogens is 2. The summed E-state index contributed by atoms with van der Waals surface area (Å²) >= 11 is 8.49. The lowest BCUT2D eigenvalue weighted by Crippen LogP contribution is -2.63. The first-order valence-electron chi connectivity index (χ1n) is 20.0. The van der Waals surface area contributed by atoms with E-state index < -0.39 is 23.1 Å². The molecular formula is C42H47ClFN7O6S. The van der Waals surface area contributed by atoms with Gasteiger partial charge in [-0.05, 0) is 105 Å². The molecule has 58 heavy (non-hydrogen) atoms. The molecule has 4 saturated heterocycles. The summed E-state index contributed by atoms with van der Waals surface area (Å²) in [7, 11) is 0. The fourth-order valence-corrected chi connectivity index (χ4v) is 11.1. The van der Waals surface area contributed by atoms with Crippen molar-refractivity contribution in [3.05, 3.63) is 34.6 Å². The minimum atomic E-state index is -0.765. The van der Waals surface area contributed by atoms with Gasteiger partial charge in [0, 0.05) is 22.2 Å². The predicted molar refractivity (Wildman–Crippen MR) is 220 cm³/mol. The topological polar surface area (TPSA) is 142 Å². The van der Waals surface area contributed by atoms with Crippen LogP contribution in [0.25, 0.3) is 32.1 Å². The first kappa shape index (κ1) is 38.8. The van der Waals surface area contributed by atoms with Gasteiger partial charge in [-0.25, -0.2) is 14.0 Å². The number of nitrogens with zero attached hydrogens (tertiary/aromatic N) is 6. The lowest BCUT2D eigenvalue weighted by Gasteiger charge is -2.46. The van der Waals surface area contributed by atoms with Crippen LogP contribution in [0.4, 0.5) is 24.8 Å². The number of anilines is 2. The molecule has 9 rings (SSSR count). The molecule has 2 aromatic heterocycles. The van der Waals surface area contributed by atoms with Gasteiger partial charge >= 0.3 is 18.2 Å². The van der Waals surface area contributed by atoms with E-state index in [0.717, 1.165) is 51.6 Å². The van der Waals surface area contributed by atoms with E-state index in [0.29, 0.717) is 40.0 Å². The third kappa shape index (κ3) is 6.52. The van der Waals surface area contributed by atoms with Crippen molar-refractivity contribution in [2.24, 2.45) is 0 Å². The van der Waals surface area contributed by atoms with Crippen LogP contribution in [-0.2, 0) is 9.47 Å². The van der Waals surface area contributed by atoms with Crippen LogP contribution in [0.1, 0.15) is 85.6 Å². The maximum atomic E-state index is 17.7. The minimum absolute atomic E-state index is 0.00314. The zero-order valence-electron chi connectivity index (χ0n) is 33.5. The molecule has 4 fully saturated rings. The Hall–Kier alpha value is -4.65. The number of nitriles is 1. The Morgan fingerprint density at radius 2 is 1.81 bits per heavy atom. The molecule has 5 aliphatic rings. The number of halogens is 2. The smallest absolute Gasteiger partial charge is 0.412 e. The maximum absolute atomic E-state index is 17.7. The van der Waals surface area contributed by atoms with Crippen LogP contribution in [0, 0.1) is 17.1 Å². The molecule has 3 atom stereocenters. The predicted octanol–water partition coefficient (Wildman–Crippen LogP) is 8.88. The molecule has 4 aromatic rings. The van der Waals surface area contributed by atoms with E-state index in [2.05, 4.69) is 21.2 Å². The summed E-state index contributed by atoms with van der Waals surface area (Å²) in [6.45, 7) is 13.8. The Labute approximate surface area is 345 Å². The molecule has 0 radical (unpaired) electrons. The number of nitrogens with one attached hydrogen (secondary N) is 1. The summed E-state index contributed by atoms with van der Waals surface area (Å²) in [5.74, 6) is -0.0774. The highest BCUT2D eigenvalue weighted by atomic mass is 35.5. The normalized spacial score (nSPS) is 22.3. The standard InChI is InChI=1S/C42H47ClFN7O6S/c1-40(2,3)56-38(52)48-36-24(18-45)28-23(10-7-11-27(28)58-36)29-31(43)34-30-33(32(29)44)46-37(55-21-42-14-8-16-49(42)17-9-15-42)47-35(30)50-19-22-12-13-25(26(50)20-54-34)51(22)39(53)57-41(4,5)6/h7,10-11,22,25-26H,8-9,12-17,19-21H2,1-6H3,(H,48,52)/t22-,25+,26-/m1/s1. The van der Waals surface area contributed by atoms with Crippen molar-refractivity contribution < 1.29 is 32.9 Å². The van der Waals surface area contributed by atoms with Crippen LogP contribution in [0.5, 0.6) is 11.8 Å². The van der Waals surface area contributed by atoms with Gasteiger partial charge < -0.3 is 23.8 Å². The van der Waals surface area contributed by atoms with Gasteiger partial charge in [0.25, 0.3) is 0 Å². The van der Waals surface area contributed by atoms with Gasteiger partial charge in [-0.1, -0.05) is 23.7 Å². The molecule has 5 aliphatic heterocycles. The van der Waals surface area contributed by atoms with E-state index in [9.17, 15) is 14.9 Å². The highest BCUT2D eigenvalue weighted by Gasteiger charge is 2.52. The minimum Gasteiger partial charge on any atom is -0.489 e. The highest BCUT2D eigenvalue weighted by molar-refractivity contribution is 7.23. The van der Waals surface area contributed by atoms with Crippen molar-refractivity contribution in [1.29, 1.82) is 5.26 Å². The number of rotatable bonds is 5. The zero-order chi connectivity index (χ0) is 40.9. The monoisotopic (exact) mass is 831 g/mol. The van der Waals surface area contributed by atoms with Crippen LogP contribution in [0.2, 0.25) is 5.02 Å². The maximum Gasteiger partial charge on any atom is 0.412 e.